The molecule has 0 spiro atoms. The fourth-order valence-electron chi connectivity index (χ4n) is 2.27. The molecule has 0 N–H and O–H groups in total. The lowest BCUT2D eigenvalue weighted by atomic mass is 10.0. The summed E-state index contributed by atoms with van der Waals surface area (Å²) in [7, 11) is 0. The van der Waals surface area contributed by atoms with Gasteiger partial charge in [0.25, 0.3) is 5.76 Å². The first kappa shape index (κ1) is 16.0. The molecule has 0 aliphatic carbocycles. The zero-order valence-electron chi connectivity index (χ0n) is 12.2. The van der Waals surface area contributed by atoms with E-state index in [4.69, 9.17) is 0 Å². The smallest absolute Gasteiger partial charge is 0.198 e. The molecule has 0 saturated heterocycles. The summed E-state index contributed by atoms with van der Waals surface area (Å²) < 4.78 is 24.6. The summed E-state index contributed by atoms with van der Waals surface area (Å²) in [4.78, 5) is 0.602. The fourth-order valence-corrected chi connectivity index (χ4v) is 2.77. The maximum absolute atomic E-state index is 12.3. The third-order valence-corrected chi connectivity index (χ3v) is 4.16. The maximum Gasteiger partial charge on any atom is 0.288 e. The van der Waals surface area contributed by atoms with E-state index in [1.54, 1.807) is 12.1 Å². The van der Waals surface area contributed by atoms with Gasteiger partial charge in [0, 0.05) is 4.90 Å². The molecular weight excluding hydrogens is 286 g/mol. The second-order valence-electron chi connectivity index (χ2n) is 5.06. The summed E-state index contributed by atoms with van der Waals surface area (Å²) in [6.45, 7) is 2.21. The largest absolute Gasteiger partial charge is 0.288 e. The Balaban J connectivity index is 2.01. The maximum atomic E-state index is 12.3. The molecule has 0 aliphatic rings. The number of rotatable bonds is 7. The SMILES string of the molecule is CCCCCc1ccc(-c2ccc(SC(F)F)cc2)cc1. The molecule has 2 aromatic carbocycles. The van der Waals surface area contributed by atoms with Crippen molar-refractivity contribution in [1.29, 1.82) is 0 Å². The molecule has 0 amide bonds. The van der Waals surface area contributed by atoms with Crippen molar-refractivity contribution in [2.45, 2.75) is 43.3 Å². The number of hydrogen-bond acceptors (Lipinski definition) is 1. The molecule has 0 unspecified atom stereocenters. The lowest BCUT2D eigenvalue weighted by Gasteiger charge is -2.06. The zero-order chi connectivity index (χ0) is 15.1. The molecule has 21 heavy (non-hydrogen) atoms. The average molecular weight is 306 g/mol. The lowest BCUT2D eigenvalue weighted by Crippen LogP contribution is -1.86. The van der Waals surface area contributed by atoms with Crippen LogP contribution in [0.25, 0.3) is 11.1 Å². The standard InChI is InChI=1S/C18H20F2S/c1-2-3-4-5-14-6-8-15(9-7-14)16-10-12-17(13-11-16)21-18(19)20/h6-13,18H,2-5H2,1H3. The predicted molar refractivity (Wildman–Crippen MR) is 87.0 cm³/mol. The molecular formula is C18H20F2S. The Hall–Kier alpha value is -1.35. The van der Waals surface area contributed by atoms with E-state index in [-0.39, 0.29) is 0 Å². The van der Waals surface area contributed by atoms with Crippen molar-refractivity contribution in [3.63, 3.8) is 0 Å². The van der Waals surface area contributed by atoms with E-state index in [0.717, 1.165) is 17.5 Å². The van der Waals surface area contributed by atoms with Gasteiger partial charge in [-0.1, -0.05) is 67.9 Å². The molecule has 0 radical (unpaired) electrons. The lowest BCUT2D eigenvalue weighted by molar-refractivity contribution is 0.252. The molecule has 0 saturated carbocycles. The number of unbranched alkanes of at least 4 members (excludes halogenated alkanes) is 2. The zero-order valence-corrected chi connectivity index (χ0v) is 13.0. The predicted octanol–water partition coefficient (Wildman–Crippen LogP) is 6.40. The number of benzene rings is 2. The Morgan fingerprint density at radius 3 is 1.95 bits per heavy atom. The molecule has 0 bridgehead atoms. The highest BCUT2D eigenvalue weighted by Gasteiger charge is 2.05. The topological polar surface area (TPSA) is 0 Å². The molecule has 2 rings (SSSR count). The van der Waals surface area contributed by atoms with Gasteiger partial charge in [0.1, 0.15) is 0 Å². The minimum atomic E-state index is -2.36. The average Bonchev–Trinajstić information content (AvgIpc) is 2.49. The molecule has 0 nitrogen and oxygen atoms in total. The van der Waals surface area contributed by atoms with Crippen LogP contribution >= 0.6 is 11.8 Å². The van der Waals surface area contributed by atoms with E-state index in [1.807, 2.05) is 12.1 Å². The van der Waals surface area contributed by atoms with Crippen LogP contribution in [-0.4, -0.2) is 5.76 Å². The van der Waals surface area contributed by atoms with Crippen LogP contribution in [0.1, 0.15) is 31.7 Å². The van der Waals surface area contributed by atoms with Gasteiger partial charge in [-0.2, -0.15) is 8.78 Å². The van der Waals surface area contributed by atoms with Crippen molar-refractivity contribution < 1.29 is 8.78 Å². The molecule has 0 fully saturated rings. The van der Waals surface area contributed by atoms with Crippen molar-refractivity contribution >= 4 is 11.8 Å². The normalized spacial score (nSPS) is 11.0. The van der Waals surface area contributed by atoms with Crippen LogP contribution in [0.3, 0.4) is 0 Å². The van der Waals surface area contributed by atoms with Gasteiger partial charge in [0.05, 0.1) is 0 Å². The first-order valence-electron chi connectivity index (χ1n) is 7.33. The minimum absolute atomic E-state index is 0.583. The Kier molecular flexibility index (Phi) is 6.24. The van der Waals surface area contributed by atoms with Gasteiger partial charge in [-0.25, -0.2) is 0 Å². The number of aryl methyl sites for hydroxylation is 1. The molecule has 0 aromatic heterocycles. The van der Waals surface area contributed by atoms with Gasteiger partial charge < -0.3 is 0 Å². The summed E-state index contributed by atoms with van der Waals surface area (Å²) in [5.74, 6) is -2.36. The second-order valence-corrected chi connectivity index (χ2v) is 6.12. The van der Waals surface area contributed by atoms with Gasteiger partial charge in [-0.15, -0.1) is 0 Å². The van der Waals surface area contributed by atoms with E-state index in [9.17, 15) is 8.78 Å². The van der Waals surface area contributed by atoms with Crippen molar-refractivity contribution in [2.75, 3.05) is 0 Å². The second kappa shape index (κ2) is 8.18. The van der Waals surface area contributed by atoms with Gasteiger partial charge >= 0.3 is 0 Å². The van der Waals surface area contributed by atoms with Crippen molar-refractivity contribution in [2.24, 2.45) is 0 Å². The van der Waals surface area contributed by atoms with Gasteiger partial charge in [-0.3, -0.25) is 0 Å². The van der Waals surface area contributed by atoms with Crippen LogP contribution in [0.15, 0.2) is 53.4 Å². The van der Waals surface area contributed by atoms with Crippen LogP contribution in [0.5, 0.6) is 0 Å². The van der Waals surface area contributed by atoms with Crippen LogP contribution in [0, 0.1) is 0 Å². The molecule has 112 valence electrons. The van der Waals surface area contributed by atoms with Crippen molar-refractivity contribution in [3.8, 4) is 11.1 Å². The van der Waals surface area contributed by atoms with E-state index in [1.165, 1.54) is 24.8 Å². The quantitative estimate of drug-likeness (QED) is 0.421. The molecule has 2 aromatic rings. The highest BCUT2D eigenvalue weighted by Crippen LogP contribution is 2.28. The number of alkyl halides is 2. The number of hydrogen-bond donors (Lipinski definition) is 0. The molecule has 0 heterocycles. The van der Waals surface area contributed by atoms with Crippen LogP contribution in [0.4, 0.5) is 8.78 Å². The molecule has 0 atom stereocenters. The summed E-state index contributed by atoms with van der Waals surface area (Å²) in [5.41, 5.74) is 3.55. The van der Waals surface area contributed by atoms with E-state index < -0.39 is 5.76 Å². The van der Waals surface area contributed by atoms with Crippen LogP contribution < -0.4 is 0 Å². The van der Waals surface area contributed by atoms with Crippen LogP contribution in [0.2, 0.25) is 0 Å². The third kappa shape index (κ3) is 5.16. The molecule has 3 heteroatoms. The summed E-state index contributed by atoms with van der Waals surface area (Å²) in [5, 5.41) is 0. The fraction of sp³-hybridized carbons (Fsp3) is 0.333. The highest BCUT2D eigenvalue weighted by atomic mass is 32.2. The van der Waals surface area contributed by atoms with Gasteiger partial charge in [-0.05, 0) is 41.7 Å². The van der Waals surface area contributed by atoms with Crippen LogP contribution in [-0.2, 0) is 6.42 Å². The number of thioether (sulfide) groups is 1. The summed E-state index contributed by atoms with van der Waals surface area (Å²) in [6.07, 6.45) is 4.86. The van der Waals surface area contributed by atoms with Crippen molar-refractivity contribution in [1.82, 2.24) is 0 Å². The van der Waals surface area contributed by atoms with Gasteiger partial charge in [0.2, 0.25) is 0 Å². The van der Waals surface area contributed by atoms with E-state index in [0.29, 0.717) is 16.7 Å². The van der Waals surface area contributed by atoms with Gasteiger partial charge in [0.15, 0.2) is 0 Å². The monoisotopic (exact) mass is 306 g/mol. The van der Waals surface area contributed by atoms with E-state index >= 15 is 0 Å². The summed E-state index contributed by atoms with van der Waals surface area (Å²) in [6, 6.07) is 15.8. The first-order valence-corrected chi connectivity index (χ1v) is 8.21. The first-order chi connectivity index (χ1) is 10.2. The Labute approximate surface area is 129 Å². The molecule has 0 aliphatic heterocycles. The Morgan fingerprint density at radius 2 is 1.43 bits per heavy atom. The number of halogens is 2. The summed E-state index contributed by atoms with van der Waals surface area (Å²) >= 11 is 0.583. The highest BCUT2D eigenvalue weighted by molar-refractivity contribution is 7.99. The van der Waals surface area contributed by atoms with Crippen molar-refractivity contribution in [3.05, 3.63) is 54.1 Å². The third-order valence-electron chi connectivity index (χ3n) is 3.44. The Bertz CT molecular complexity index is 532. The minimum Gasteiger partial charge on any atom is -0.198 e. The Morgan fingerprint density at radius 1 is 0.857 bits per heavy atom. The van der Waals surface area contributed by atoms with E-state index in [2.05, 4.69) is 31.2 Å².